The smallest absolute Gasteiger partial charge is 0.249 e. The van der Waals surface area contributed by atoms with Gasteiger partial charge in [0.05, 0.1) is 24.0 Å². The van der Waals surface area contributed by atoms with Gasteiger partial charge in [-0.05, 0) is 57.6 Å². The number of para-hydroxylation sites is 1. The van der Waals surface area contributed by atoms with E-state index in [0.29, 0.717) is 25.1 Å². The van der Waals surface area contributed by atoms with Crippen LogP contribution in [0.25, 0.3) is 0 Å². The molecule has 2 bridgehead atoms. The van der Waals surface area contributed by atoms with Crippen LogP contribution >= 0.6 is 0 Å². The zero-order valence-electron chi connectivity index (χ0n) is 25.6. The van der Waals surface area contributed by atoms with Crippen molar-refractivity contribution in [2.24, 2.45) is 17.3 Å². The number of benzene rings is 1. The van der Waals surface area contributed by atoms with E-state index in [1.807, 2.05) is 51.1 Å². The van der Waals surface area contributed by atoms with E-state index in [2.05, 4.69) is 33.9 Å². The maximum absolute atomic E-state index is 14.7. The summed E-state index contributed by atoms with van der Waals surface area (Å²) in [5.41, 5.74) is -1.95. The van der Waals surface area contributed by atoms with Crippen molar-refractivity contribution < 1.29 is 24.2 Å². The lowest BCUT2D eigenvalue weighted by Gasteiger charge is -2.45. The van der Waals surface area contributed by atoms with Gasteiger partial charge in [0, 0.05) is 30.9 Å². The first-order valence-corrected chi connectivity index (χ1v) is 14.7. The number of hydrogen-bond acceptors (Lipinski definition) is 5. The number of carbonyl (C=O) groups excluding carboxylic acids is 3. The molecule has 3 fully saturated rings. The third kappa shape index (κ3) is 5.25. The van der Waals surface area contributed by atoms with Crippen molar-refractivity contribution in [2.45, 2.75) is 83.6 Å². The molecule has 2 unspecified atom stereocenters. The van der Waals surface area contributed by atoms with Crippen LogP contribution in [0.1, 0.15) is 60.8 Å². The first-order chi connectivity index (χ1) is 19.2. The molecule has 0 radical (unpaired) electrons. The van der Waals surface area contributed by atoms with Crippen molar-refractivity contribution in [3.05, 3.63) is 55.6 Å². The van der Waals surface area contributed by atoms with Crippen LogP contribution in [0.5, 0.6) is 0 Å². The fourth-order valence-electron chi connectivity index (χ4n) is 7.96. The van der Waals surface area contributed by atoms with Crippen LogP contribution in [0.4, 0.5) is 5.69 Å². The van der Waals surface area contributed by atoms with Crippen LogP contribution < -0.4 is 4.90 Å². The van der Waals surface area contributed by atoms with E-state index in [4.69, 9.17) is 4.74 Å². The average molecular weight is 566 g/mol. The highest BCUT2D eigenvalue weighted by atomic mass is 16.5. The van der Waals surface area contributed by atoms with Crippen molar-refractivity contribution in [3.8, 4) is 0 Å². The second-order valence-corrected chi connectivity index (χ2v) is 13.8. The van der Waals surface area contributed by atoms with Crippen molar-refractivity contribution in [1.82, 2.24) is 9.80 Å². The molecule has 3 aliphatic heterocycles. The van der Waals surface area contributed by atoms with Gasteiger partial charge in [0.2, 0.25) is 17.7 Å². The summed E-state index contributed by atoms with van der Waals surface area (Å²) in [6.45, 7) is 20.4. The molecular formula is C33H47N3O5. The van der Waals surface area contributed by atoms with Crippen LogP contribution in [0.2, 0.25) is 0 Å². The first kappa shape index (κ1) is 31.0. The second-order valence-electron chi connectivity index (χ2n) is 13.8. The van der Waals surface area contributed by atoms with Gasteiger partial charge in [-0.15, -0.1) is 13.2 Å². The number of aliphatic hydroxyl groups excluding tert-OH is 1. The lowest BCUT2D eigenvalue weighted by Crippen LogP contribution is -2.61. The highest BCUT2D eigenvalue weighted by Crippen LogP contribution is 2.63. The number of rotatable bonds is 11. The highest BCUT2D eigenvalue weighted by Gasteiger charge is 2.78. The standard InChI is InChI=1S/C33H47N3O5/c1-9-18-34(23-14-12-11-13-15-23)27(38)24-25-28(39)35(20-21-37)26(33(25)17-16-32(24,8)41-33)29(40)36(19-10-2)31(6,7)22-30(3,4)5/h9-15,24-26,37H,1-2,16-22H2,3-8H3/t24-,25+,26?,32+,33?/m1/s1. The molecule has 0 saturated carbocycles. The Morgan fingerprint density at radius 1 is 1.07 bits per heavy atom. The lowest BCUT2D eigenvalue weighted by atomic mass is 9.65. The molecule has 41 heavy (non-hydrogen) atoms. The number of aliphatic hydroxyl groups is 1. The van der Waals surface area contributed by atoms with E-state index >= 15 is 0 Å². The van der Waals surface area contributed by atoms with Gasteiger partial charge in [0.15, 0.2) is 0 Å². The van der Waals surface area contributed by atoms with Crippen molar-refractivity contribution in [3.63, 3.8) is 0 Å². The largest absolute Gasteiger partial charge is 0.395 e. The minimum Gasteiger partial charge on any atom is -0.395 e. The Kier molecular flexibility index (Phi) is 8.33. The summed E-state index contributed by atoms with van der Waals surface area (Å²) in [5.74, 6) is -2.36. The van der Waals surface area contributed by atoms with Gasteiger partial charge in [0.25, 0.3) is 0 Å². The van der Waals surface area contributed by atoms with E-state index in [-0.39, 0.29) is 42.8 Å². The quantitative estimate of drug-likeness (QED) is 0.407. The molecule has 1 aromatic carbocycles. The van der Waals surface area contributed by atoms with E-state index in [1.165, 1.54) is 4.90 Å². The Hall–Kier alpha value is -2.97. The topological polar surface area (TPSA) is 90.4 Å². The van der Waals surface area contributed by atoms with Crippen LogP contribution in [-0.4, -0.2) is 81.7 Å². The van der Waals surface area contributed by atoms with Gasteiger partial charge in [-0.25, -0.2) is 0 Å². The van der Waals surface area contributed by atoms with Gasteiger partial charge < -0.3 is 24.5 Å². The van der Waals surface area contributed by atoms with Gasteiger partial charge in [0.1, 0.15) is 11.6 Å². The third-order valence-corrected chi connectivity index (χ3v) is 9.03. The summed E-state index contributed by atoms with van der Waals surface area (Å²) < 4.78 is 6.80. The second kappa shape index (κ2) is 11.0. The number of amides is 3. The molecule has 0 aliphatic carbocycles. The maximum Gasteiger partial charge on any atom is 0.249 e. The van der Waals surface area contributed by atoms with Crippen molar-refractivity contribution in [1.29, 1.82) is 0 Å². The van der Waals surface area contributed by atoms with E-state index in [9.17, 15) is 19.5 Å². The van der Waals surface area contributed by atoms with Crippen LogP contribution in [-0.2, 0) is 19.1 Å². The monoisotopic (exact) mass is 565 g/mol. The molecule has 3 aliphatic rings. The van der Waals surface area contributed by atoms with E-state index in [1.54, 1.807) is 22.0 Å². The Morgan fingerprint density at radius 2 is 1.71 bits per heavy atom. The van der Waals surface area contributed by atoms with Crippen molar-refractivity contribution in [2.75, 3.05) is 31.1 Å². The summed E-state index contributed by atoms with van der Waals surface area (Å²) in [6, 6.07) is 8.39. The molecule has 1 aromatic rings. The Balaban J connectivity index is 1.79. The van der Waals surface area contributed by atoms with Gasteiger partial charge in [-0.2, -0.15) is 0 Å². The number of hydrogen-bond donors (Lipinski definition) is 1. The molecule has 3 heterocycles. The Morgan fingerprint density at radius 3 is 2.27 bits per heavy atom. The summed E-state index contributed by atoms with van der Waals surface area (Å²) in [5, 5.41) is 10.00. The fourth-order valence-corrected chi connectivity index (χ4v) is 7.96. The molecule has 3 amide bonds. The third-order valence-electron chi connectivity index (χ3n) is 9.03. The maximum atomic E-state index is 14.7. The summed E-state index contributed by atoms with van der Waals surface area (Å²) in [7, 11) is 0. The predicted octanol–water partition coefficient (Wildman–Crippen LogP) is 4.19. The van der Waals surface area contributed by atoms with Gasteiger partial charge in [-0.1, -0.05) is 51.1 Å². The number of carbonyl (C=O) groups is 3. The molecule has 1 N–H and O–H groups in total. The molecule has 4 rings (SSSR count). The molecule has 1 spiro atoms. The highest BCUT2D eigenvalue weighted by molar-refractivity contribution is 6.03. The predicted molar refractivity (Wildman–Crippen MR) is 160 cm³/mol. The van der Waals surface area contributed by atoms with Gasteiger partial charge in [-0.3, -0.25) is 14.4 Å². The summed E-state index contributed by atoms with van der Waals surface area (Å²) >= 11 is 0. The Labute approximate surface area is 245 Å². The minimum atomic E-state index is -1.16. The lowest BCUT2D eigenvalue weighted by molar-refractivity contribution is -0.156. The number of likely N-dealkylation sites (tertiary alicyclic amines) is 1. The zero-order valence-corrected chi connectivity index (χ0v) is 25.6. The number of fused-ring (bicyclic) bond motifs is 1. The van der Waals surface area contributed by atoms with Crippen LogP contribution in [0, 0.1) is 17.3 Å². The molecular weight excluding hydrogens is 518 g/mol. The molecule has 0 aromatic heterocycles. The summed E-state index contributed by atoms with van der Waals surface area (Å²) in [6.07, 6.45) is 5.13. The van der Waals surface area contributed by atoms with Gasteiger partial charge >= 0.3 is 0 Å². The zero-order chi connectivity index (χ0) is 30.4. The molecule has 5 atom stereocenters. The number of anilines is 1. The minimum absolute atomic E-state index is 0.00877. The van der Waals surface area contributed by atoms with Crippen LogP contribution in [0.15, 0.2) is 55.6 Å². The van der Waals surface area contributed by atoms with E-state index < -0.39 is 34.6 Å². The Bertz CT molecular complexity index is 1190. The molecule has 3 saturated heterocycles. The first-order valence-electron chi connectivity index (χ1n) is 14.7. The van der Waals surface area contributed by atoms with Crippen molar-refractivity contribution >= 4 is 23.4 Å². The summed E-state index contributed by atoms with van der Waals surface area (Å²) in [4.78, 5) is 48.2. The van der Waals surface area contributed by atoms with E-state index in [0.717, 1.165) is 6.42 Å². The van der Waals surface area contributed by atoms with Crippen LogP contribution in [0.3, 0.4) is 0 Å². The molecule has 8 nitrogen and oxygen atoms in total. The number of β-amino-alcohol motifs (C(OH)–C–C–N with tert-alkyl or cyclic N) is 1. The molecule has 8 heteroatoms. The average Bonchev–Trinajstić information content (AvgIpc) is 3.45. The number of ether oxygens (including phenoxy) is 1. The molecule has 224 valence electrons. The SMILES string of the molecule is C=CCN(C(=O)[C@H]1[C@H]2C(=O)N(CCO)C(C(=O)N(CC=C)C(C)(C)CC(C)(C)C)C23CC[C@]1(C)O3)c1ccccc1. The normalized spacial score (nSPS) is 28.9. The number of nitrogens with zero attached hydrogens (tertiary/aromatic N) is 3. The fraction of sp³-hybridized carbons (Fsp3) is 0.606.